The molecule has 0 saturated carbocycles. The fraction of sp³-hybridized carbons (Fsp3) is 0.111. The van der Waals surface area contributed by atoms with Gasteiger partial charge in [-0.2, -0.15) is 0 Å². The highest BCUT2D eigenvalue weighted by atomic mass is 16.3. The van der Waals surface area contributed by atoms with E-state index < -0.39 is 0 Å². The molecule has 2 heterocycles. The molecule has 5 nitrogen and oxygen atoms in total. The van der Waals surface area contributed by atoms with Gasteiger partial charge in [-0.15, -0.1) is 10.2 Å². The molecule has 5 heteroatoms. The van der Waals surface area contributed by atoms with Crippen LogP contribution in [0.1, 0.15) is 0 Å². The lowest BCUT2D eigenvalue weighted by Gasteiger charge is -2.19. The molecule has 1 aromatic rings. The number of nitrogens with zero attached hydrogens (tertiary/aromatic N) is 3. The van der Waals surface area contributed by atoms with E-state index in [2.05, 4.69) is 10.2 Å². The van der Waals surface area contributed by atoms with E-state index in [1.807, 2.05) is 4.90 Å². The summed E-state index contributed by atoms with van der Waals surface area (Å²) in [5, 5.41) is 16.8. The maximum absolute atomic E-state index is 9.11. The van der Waals surface area contributed by atoms with Crippen molar-refractivity contribution in [1.82, 2.24) is 10.2 Å². The number of hydrogen-bond donors (Lipinski definition) is 2. The molecule has 0 atom stereocenters. The summed E-state index contributed by atoms with van der Waals surface area (Å²) in [6, 6.07) is 3.47. The van der Waals surface area contributed by atoms with Gasteiger partial charge in [0.25, 0.3) is 0 Å². The molecule has 0 aromatic carbocycles. The second kappa shape index (κ2) is 3.37. The number of allylic oxidation sites excluding steroid dienone is 1. The molecular weight excluding hydrogens is 180 g/mol. The van der Waals surface area contributed by atoms with E-state index in [1.165, 1.54) is 0 Å². The Balaban J connectivity index is 2.18. The van der Waals surface area contributed by atoms with Crippen molar-refractivity contribution in [3.8, 4) is 0 Å². The van der Waals surface area contributed by atoms with Crippen LogP contribution in [0.2, 0.25) is 0 Å². The van der Waals surface area contributed by atoms with Crippen LogP contribution in [0.3, 0.4) is 0 Å². The fourth-order valence-electron chi connectivity index (χ4n) is 1.15. The van der Waals surface area contributed by atoms with Gasteiger partial charge in [0.05, 0.1) is 0 Å². The first-order chi connectivity index (χ1) is 6.75. The summed E-state index contributed by atoms with van der Waals surface area (Å²) in [6.45, 7) is 0.584. The lowest BCUT2D eigenvalue weighted by atomic mass is 10.3. The number of rotatable bonds is 1. The Labute approximate surface area is 81.2 Å². The van der Waals surface area contributed by atoms with E-state index in [1.54, 1.807) is 30.5 Å². The van der Waals surface area contributed by atoms with Gasteiger partial charge in [0, 0.05) is 12.7 Å². The van der Waals surface area contributed by atoms with Gasteiger partial charge in [-0.05, 0) is 24.3 Å². The highest BCUT2D eigenvalue weighted by molar-refractivity contribution is 5.47. The van der Waals surface area contributed by atoms with Crippen LogP contribution in [0, 0.1) is 0 Å². The molecule has 0 unspecified atom stereocenters. The Morgan fingerprint density at radius 2 is 2.21 bits per heavy atom. The van der Waals surface area contributed by atoms with Crippen molar-refractivity contribution in [3.05, 3.63) is 36.2 Å². The minimum absolute atomic E-state index is 0.268. The number of aliphatic hydroxyl groups is 1. The highest BCUT2D eigenvalue weighted by Gasteiger charge is 2.07. The number of nitrogen functional groups attached to an aromatic ring is 1. The summed E-state index contributed by atoms with van der Waals surface area (Å²) < 4.78 is 0. The first kappa shape index (κ1) is 8.55. The van der Waals surface area contributed by atoms with Crippen molar-refractivity contribution in [2.45, 2.75) is 0 Å². The van der Waals surface area contributed by atoms with Gasteiger partial charge >= 0.3 is 0 Å². The summed E-state index contributed by atoms with van der Waals surface area (Å²) in [5.41, 5.74) is 5.42. The van der Waals surface area contributed by atoms with Crippen LogP contribution in [0.25, 0.3) is 0 Å². The Hall–Kier alpha value is -2.04. The van der Waals surface area contributed by atoms with Crippen LogP contribution in [0.15, 0.2) is 36.2 Å². The fourth-order valence-corrected chi connectivity index (χ4v) is 1.15. The number of hydrogen-bond acceptors (Lipinski definition) is 5. The van der Waals surface area contributed by atoms with Crippen LogP contribution in [-0.4, -0.2) is 21.8 Å². The minimum Gasteiger partial charge on any atom is -0.508 e. The third kappa shape index (κ3) is 1.66. The zero-order valence-corrected chi connectivity index (χ0v) is 7.46. The average molecular weight is 190 g/mol. The second-order valence-electron chi connectivity index (χ2n) is 2.91. The predicted molar refractivity (Wildman–Crippen MR) is 53.6 cm³/mol. The molecule has 0 bridgehead atoms. The van der Waals surface area contributed by atoms with E-state index in [9.17, 15) is 0 Å². The lowest BCUT2D eigenvalue weighted by Crippen LogP contribution is -2.20. The summed E-state index contributed by atoms with van der Waals surface area (Å²) in [6.07, 6.45) is 5.04. The van der Waals surface area contributed by atoms with E-state index in [4.69, 9.17) is 10.8 Å². The molecule has 0 radical (unpaired) electrons. The van der Waals surface area contributed by atoms with Crippen molar-refractivity contribution in [2.75, 3.05) is 17.2 Å². The van der Waals surface area contributed by atoms with Crippen LogP contribution >= 0.6 is 0 Å². The van der Waals surface area contributed by atoms with Gasteiger partial charge in [-0.25, -0.2) is 0 Å². The Bertz CT molecular complexity index is 382. The molecule has 0 fully saturated rings. The van der Waals surface area contributed by atoms with Gasteiger partial charge in [0.1, 0.15) is 11.6 Å². The molecule has 0 spiro atoms. The number of aromatic nitrogens is 2. The summed E-state index contributed by atoms with van der Waals surface area (Å²) in [7, 11) is 0. The van der Waals surface area contributed by atoms with Crippen LogP contribution in [0.4, 0.5) is 11.6 Å². The van der Waals surface area contributed by atoms with E-state index in [-0.39, 0.29) is 5.76 Å². The molecule has 3 N–H and O–H groups in total. The van der Waals surface area contributed by atoms with Crippen molar-refractivity contribution in [2.24, 2.45) is 0 Å². The molecule has 1 aliphatic rings. The maximum Gasteiger partial charge on any atom is 0.155 e. The number of anilines is 2. The average Bonchev–Trinajstić information content (AvgIpc) is 2.21. The summed E-state index contributed by atoms with van der Waals surface area (Å²) in [5.74, 6) is 1.37. The van der Waals surface area contributed by atoms with Crippen LogP contribution in [-0.2, 0) is 0 Å². The molecule has 1 aliphatic heterocycles. The number of nitrogens with two attached hydrogens (primary N) is 1. The number of aliphatic hydroxyl groups excluding tert-OH is 1. The normalized spacial score (nSPS) is 15.4. The molecule has 0 amide bonds. The topological polar surface area (TPSA) is 75.3 Å². The third-order valence-corrected chi connectivity index (χ3v) is 1.89. The molecule has 0 saturated heterocycles. The Kier molecular flexibility index (Phi) is 2.06. The summed E-state index contributed by atoms with van der Waals surface area (Å²) in [4.78, 5) is 1.85. The SMILES string of the molecule is Nc1ccc(N2C=CC(O)=CC2)nn1. The third-order valence-electron chi connectivity index (χ3n) is 1.89. The smallest absolute Gasteiger partial charge is 0.155 e. The predicted octanol–water partition coefficient (Wildman–Crippen LogP) is 0.834. The van der Waals surface area contributed by atoms with Crippen molar-refractivity contribution in [1.29, 1.82) is 0 Å². The van der Waals surface area contributed by atoms with E-state index in [0.29, 0.717) is 18.2 Å². The Morgan fingerprint density at radius 3 is 2.79 bits per heavy atom. The van der Waals surface area contributed by atoms with Crippen LogP contribution in [0.5, 0.6) is 0 Å². The first-order valence-electron chi connectivity index (χ1n) is 4.19. The monoisotopic (exact) mass is 190 g/mol. The van der Waals surface area contributed by atoms with Gasteiger partial charge in [-0.1, -0.05) is 0 Å². The maximum atomic E-state index is 9.11. The molecule has 0 aliphatic carbocycles. The molecule has 1 aromatic heterocycles. The molecule has 14 heavy (non-hydrogen) atoms. The zero-order valence-electron chi connectivity index (χ0n) is 7.46. The van der Waals surface area contributed by atoms with Crippen molar-refractivity contribution in [3.63, 3.8) is 0 Å². The molecule has 72 valence electrons. The largest absolute Gasteiger partial charge is 0.508 e. The zero-order chi connectivity index (χ0) is 9.97. The van der Waals surface area contributed by atoms with Crippen LogP contribution < -0.4 is 10.6 Å². The standard InChI is InChI=1S/C9H10N4O/c10-8-1-2-9(12-11-8)13-5-3-7(14)4-6-13/h1-5,14H,6H2,(H2,10,11). The molecular formula is C9H10N4O. The minimum atomic E-state index is 0.268. The van der Waals surface area contributed by atoms with E-state index in [0.717, 1.165) is 0 Å². The van der Waals surface area contributed by atoms with Crippen molar-refractivity contribution >= 4 is 11.6 Å². The van der Waals surface area contributed by atoms with E-state index >= 15 is 0 Å². The Morgan fingerprint density at radius 1 is 1.36 bits per heavy atom. The highest BCUT2D eigenvalue weighted by Crippen LogP contribution is 2.14. The van der Waals surface area contributed by atoms with Gasteiger partial charge in [0.2, 0.25) is 0 Å². The van der Waals surface area contributed by atoms with Gasteiger partial charge < -0.3 is 15.7 Å². The van der Waals surface area contributed by atoms with Crippen molar-refractivity contribution < 1.29 is 5.11 Å². The first-order valence-corrected chi connectivity index (χ1v) is 4.19. The van der Waals surface area contributed by atoms with Gasteiger partial charge in [-0.3, -0.25) is 0 Å². The quantitative estimate of drug-likeness (QED) is 0.686. The molecule has 2 rings (SSSR count). The lowest BCUT2D eigenvalue weighted by molar-refractivity contribution is 0.428. The second-order valence-corrected chi connectivity index (χ2v) is 2.91. The summed E-state index contributed by atoms with van der Waals surface area (Å²) >= 11 is 0. The van der Waals surface area contributed by atoms with Gasteiger partial charge in [0.15, 0.2) is 5.82 Å².